The molecule has 0 aliphatic carbocycles. The van der Waals surface area contributed by atoms with Crippen LogP contribution < -0.4 is 5.73 Å². The number of rotatable bonds is 4. The molecule has 0 spiro atoms. The van der Waals surface area contributed by atoms with Crippen LogP contribution in [0, 0.1) is 0 Å². The molecule has 72 valence electrons. The fraction of sp³-hybridized carbons (Fsp3) is 0.714. The molecular weight excluding hydrogens is 171 g/mol. The average molecular weight is 183 g/mol. The standard InChI is InChI=1S/C7H12F3NO/c1-5(3-11)4-12-6(2)7(8,9)10/h6H,1,3-4,11H2,2H3. The van der Waals surface area contributed by atoms with Gasteiger partial charge in [-0.05, 0) is 12.5 Å². The lowest BCUT2D eigenvalue weighted by Gasteiger charge is -2.16. The van der Waals surface area contributed by atoms with Crippen LogP contribution in [0.15, 0.2) is 12.2 Å². The van der Waals surface area contributed by atoms with Gasteiger partial charge in [-0.25, -0.2) is 0 Å². The molecule has 0 fully saturated rings. The highest BCUT2D eigenvalue weighted by molar-refractivity contribution is 4.95. The minimum atomic E-state index is -4.31. The second-order valence-electron chi connectivity index (χ2n) is 2.45. The van der Waals surface area contributed by atoms with Crippen LogP contribution in [0.4, 0.5) is 13.2 Å². The largest absolute Gasteiger partial charge is 0.414 e. The number of hydrogen-bond donors (Lipinski definition) is 1. The van der Waals surface area contributed by atoms with Gasteiger partial charge in [-0.15, -0.1) is 0 Å². The molecular formula is C7H12F3NO. The highest BCUT2D eigenvalue weighted by Gasteiger charge is 2.36. The van der Waals surface area contributed by atoms with E-state index in [0.29, 0.717) is 5.57 Å². The Kier molecular flexibility index (Phi) is 4.26. The molecule has 0 rings (SSSR count). The normalized spacial score (nSPS) is 14.4. The maximum atomic E-state index is 11.8. The predicted octanol–water partition coefficient (Wildman–Crippen LogP) is 1.47. The van der Waals surface area contributed by atoms with Crippen molar-refractivity contribution in [1.82, 2.24) is 0 Å². The van der Waals surface area contributed by atoms with Crippen molar-refractivity contribution in [3.05, 3.63) is 12.2 Å². The second kappa shape index (κ2) is 4.47. The maximum absolute atomic E-state index is 11.8. The number of halogens is 3. The van der Waals surface area contributed by atoms with E-state index in [-0.39, 0.29) is 13.2 Å². The van der Waals surface area contributed by atoms with E-state index in [2.05, 4.69) is 11.3 Å². The van der Waals surface area contributed by atoms with Crippen LogP contribution in [0.2, 0.25) is 0 Å². The Morgan fingerprint density at radius 1 is 1.58 bits per heavy atom. The highest BCUT2D eigenvalue weighted by atomic mass is 19.4. The highest BCUT2D eigenvalue weighted by Crippen LogP contribution is 2.22. The van der Waals surface area contributed by atoms with Gasteiger partial charge in [-0.2, -0.15) is 13.2 Å². The van der Waals surface area contributed by atoms with E-state index in [0.717, 1.165) is 6.92 Å². The molecule has 5 heteroatoms. The summed E-state index contributed by atoms with van der Waals surface area (Å²) in [5, 5.41) is 0. The van der Waals surface area contributed by atoms with Crippen LogP contribution in [0.1, 0.15) is 6.92 Å². The van der Waals surface area contributed by atoms with E-state index in [1.54, 1.807) is 0 Å². The number of alkyl halides is 3. The van der Waals surface area contributed by atoms with Crippen molar-refractivity contribution in [1.29, 1.82) is 0 Å². The molecule has 0 aromatic carbocycles. The van der Waals surface area contributed by atoms with Crippen molar-refractivity contribution in [2.24, 2.45) is 5.73 Å². The van der Waals surface area contributed by atoms with Gasteiger partial charge in [0, 0.05) is 6.54 Å². The summed E-state index contributed by atoms with van der Waals surface area (Å²) >= 11 is 0. The quantitative estimate of drug-likeness (QED) is 0.670. The fourth-order valence-corrected chi connectivity index (χ4v) is 0.396. The lowest BCUT2D eigenvalue weighted by Crippen LogP contribution is -2.29. The Hall–Kier alpha value is -0.550. The zero-order valence-corrected chi connectivity index (χ0v) is 6.82. The molecule has 0 aromatic heterocycles. The number of ether oxygens (including phenoxy) is 1. The van der Waals surface area contributed by atoms with Crippen LogP contribution in [-0.4, -0.2) is 25.4 Å². The van der Waals surface area contributed by atoms with E-state index >= 15 is 0 Å². The van der Waals surface area contributed by atoms with Crippen molar-refractivity contribution in [3.63, 3.8) is 0 Å². The average Bonchev–Trinajstić information content (AvgIpc) is 1.97. The van der Waals surface area contributed by atoms with Gasteiger partial charge >= 0.3 is 6.18 Å². The van der Waals surface area contributed by atoms with Crippen LogP contribution in [-0.2, 0) is 4.74 Å². The molecule has 0 bridgehead atoms. The molecule has 0 amide bonds. The summed E-state index contributed by atoms with van der Waals surface area (Å²) in [5.41, 5.74) is 5.56. The predicted molar refractivity (Wildman–Crippen MR) is 39.7 cm³/mol. The van der Waals surface area contributed by atoms with E-state index < -0.39 is 12.3 Å². The van der Waals surface area contributed by atoms with Crippen LogP contribution >= 0.6 is 0 Å². The van der Waals surface area contributed by atoms with Gasteiger partial charge in [0.1, 0.15) is 0 Å². The summed E-state index contributed by atoms with van der Waals surface area (Å²) in [5.74, 6) is 0. The van der Waals surface area contributed by atoms with Gasteiger partial charge in [0.25, 0.3) is 0 Å². The first-order chi connectivity index (χ1) is 5.38. The summed E-state index contributed by atoms with van der Waals surface area (Å²) in [7, 11) is 0. The molecule has 1 atom stereocenters. The van der Waals surface area contributed by atoms with E-state index in [4.69, 9.17) is 5.73 Å². The second-order valence-corrected chi connectivity index (χ2v) is 2.45. The lowest BCUT2D eigenvalue weighted by atomic mass is 10.3. The van der Waals surface area contributed by atoms with Crippen molar-refractivity contribution in [3.8, 4) is 0 Å². The van der Waals surface area contributed by atoms with Gasteiger partial charge in [0.05, 0.1) is 6.61 Å². The maximum Gasteiger partial charge on any atom is 0.414 e. The molecule has 0 saturated carbocycles. The van der Waals surface area contributed by atoms with E-state index in [1.165, 1.54) is 0 Å². The number of hydrogen-bond acceptors (Lipinski definition) is 2. The van der Waals surface area contributed by atoms with Gasteiger partial charge in [-0.1, -0.05) is 6.58 Å². The molecule has 12 heavy (non-hydrogen) atoms. The SMILES string of the molecule is C=C(CN)COC(C)C(F)(F)F. The Morgan fingerprint density at radius 3 is 2.42 bits per heavy atom. The molecule has 0 radical (unpaired) electrons. The first-order valence-electron chi connectivity index (χ1n) is 3.43. The molecule has 1 unspecified atom stereocenters. The Bertz CT molecular complexity index is 155. The molecule has 2 N–H and O–H groups in total. The Morgan fingerprint density at radius 2 is 2.08 bits per heavy atom. The van der Waals surface area contributed by atoms with Crippen LogP contribution in [0.3, 0.4) is 0 Å². The van der Waals surface area contributed by atoms with Crippen LogP contribution in [0.25, 0.3) is 0 Å². The minimum absolute atomic E-state index is 0.142. The Labute approximate surface area is 69.2 Å². The van der Waals surface area contributed by atoms with Crippen molar-refractivity contribution >= 4 is 0 Å². The summed E-state index contributed by atoms with van der Waals surface area (Å²) in [6, 6.07) is 0. The van der Waals surface area contributed by atoms with Crippen molar-refractivity contribution in [2.75, 3.05) is 13.2 Å². The minimum Gasteiger partial charge on any atom is -0.365 e. The first kappa shape index (κ1) is 11.4. The third-order valence-corrected chi connectivity index (χ3v) is 1.29. The summed E-state index contributed by atoms with van der Waals surface area (Å²) < 4.78 is 39.9. The Balaban J connectivity index is 3.72. The molecule has 0 aliphatic heterocycles. The topological polar surface area (TPSA) is 35.2 Å². The zero-order chi connectivity index (χ0) is 9.78. The smallest absolute Gasteiger partial charge is 0.365 e. The zero-order valence-electron chi connectivity index (χ0n) is 6.82. The third-order valence-electron chi connectivity index (χ3n) is 1.29. The monoisotopic (exact) mass is 183 g/mol. The number of nitrogens with two attached hydrogens (primary N) is 1. The van der Waals surface area contributed by atoms with Gasteiger partial charge in [0.2, 0.25) is 0 Å². The first-order valence-corrected chi connectivity index (χ1v) is 3.43. The van der Waals surface area contributed by atoms with E-state index in [9.17, 15) is 13.2 Å². The van der Waals surface area contributed by atoms with Gasteiger partial charge in [0.15, 0.2) is 6.10 Å². The molecule has 0 aromatic rings. The van der Waals surface area contributed by atoms with Crippen LogP contribution in [0.5, 0.6) is 0 Å². The van der Waals surface area contributed by atoms with Crippen molar-refractivity contribution < 1.29 is 17.9 Å². The van der Waals surface area contributed by atoms with Crippen molar-refractivity contribution in [2.45, 2.75) is 19.2 Å². The lowest BCUT2D eigenvalue weighted by molar-refractivity contribution is -0.211. The summed E-state index contributed by atoms with van der Waals surface area (Å²) in [4.78, 5) is 0. The van der Waals surface area contributed by atoms with E-state index in [1.807, 2.05) is 0 Å². The van der Waals surface area contributed by atoms with Gasteiger partial charge in [-0.3, -0.25) is 0 Å². The third kappa shape index (κ3) is 4.35. The molecule has 2 nitrogen and oxygen atoms in total. The molecule has 0 saturated heterocycles. The molecule has 0 heterocycles. The summed E-state index contributed by atoms with van der Waals surface area (Å²) in [6.45, 7) is 4.36. The van der Waals surface area contributed by atoms with Gasteiger partial charge < -0.3 is 10.5 Å². The fourth-order valence-electron chi connectivity index (χ4n) is 0.396. The molecule has 0 aliphatic rings. The summed E-state index contributed by atoms with van der Waals surface area (Å²) in [6.07, 6.45) is -6.07.